The summed E-state index contributed by atoms with van der Waals surface area (Å²) in [5.41, 5.74) is 0.871. The van der Waals surface area contributed by atoms with Crippen LogP contribution in [0.4, 0.5) is 5.95 Å². The molecule has 1 aromatic carbocycles. The zero-order valence-electron chi connectivity index (χ0n) is 13.3. The molecule has 0 amide bonds. The summed E-state index contributed by atoms with van der Waals surface area (Å²) in [6.07, 6.45) is 5.78. The van der Waals surface area contributed by atoms with Crippen molar-refractivity contribution in [1.29, 1.82) is 0 Å². The van der Waals surface area contributed by atoms with Gasteiger partial charge in [0, 0.05) is 44.0 Å². The van der Waals surface area contributed by atoms with E-state index in [2.05, 4.69) is 9.97 Å². The van der Waals surface area contributed by atoms with Crippen LogP contribution in [0.2, 0.25) is 0 Å². The first-order valence-electron chi connectivity index (χ1n) is 7.90. The fourth-order valence-electron chi connectivity index (χ4n) is 2.62. The number of sulfonamides is 1. The second kappa shape index (κ2) is 7.55. The molecule has 0 unspecified atom stereocenters. The number of hydrogen-bond acceptors (Lipinski definition) is 5. The molecule has 0 N–H and O–H groups in total. The molecule has 0 aliphatic carbocycles. The lowest BCUT2D eigenvalue weighted by atomic mass is 10.2. The van der Waals surface area contributed by atoms with Crippen molar-refractivity contribution in [2.45, 2.75) is 6.42 Å². The van der Waals surface area contributed by atoms with Crippen molar-refractivity contribution in [2.75, 3.05) is 31.1 Å². The molecule has 0 bridgehead atoms. The average molecular weight is 344 g/mol. The van der Waals surface area contributed by atoms with Crippen LogP contribution in [0.3, 0.4) is 0 Å². The quantitative estimate of drug-likeness (QED) is 0.848. The molecule has 7 heteroatoms. The van der Waals surface area contributed by atoms with Gasteiger partial charge in [0.05, 0.1) is 0 Å². The van der Waals surface area contributed by atoms with Crippen LogP contribution in [-0.2, 0) is 10.0 Å². The summed E-state index contributed by atoms with van der Waals surface area (Å²) >= 11 is 0. The minimum Gasteiger partial charge on any atom is -0.339 e. The van der Waals surface area contributed by atoms with E-state index in [0.717, 1.165) is 18.5 Å². The molecular formula is C17H20N4O2S. The highest BCUT2D eigenvalue weighted by Crippen LogP contribution is 2.14. The van der Waals surface area contributed by atoms with Crippen molar-refractivity contribution in [2.24, 2.45) is 0 Å². The van der Waals surface area contributed by atoms with Gasteiger partial charge in [0.25, 0.3) is 0 Å². The van der Waals surface area contributed by atoms with E-state index < -0.39 is 10.0 Å². The van der Waals surface area contributed by atoms with Gasteiger partial charge in [0.1, 0.15) is 0 Å². The highest BCUT2D eigenvalue weighted by atomic mass is 32.2. The third kappa shape index (κ3) is 4.18. The first kappa shape index (κ1) is 16.6. The molecule has 1 saturated heterocycles. The Morgan fingerprint density at radius 1 is 0.917 bits per heavy atom. The molecule has 6 nitrogen and oxygen atoms in total. The van der Waals surface area contributed by atoms with Crippen LogP contribution in [0.1, 0.15) is 12.0 Å². The van der Waals surface area contributed by atoms with Gasteiger partial charge in [-0.25, -0.2) is 18.4 Å². The maximum atomic E-state index is 12.5. The lowest BCUT2D eigenvalue weighted by molar-refractivity contribution is 0.440. The van der Waals surface area contributed by atoms with Gasteiger partial charge in [-0.2, -0.15) is 4.31 Å². The smallest absolute Gasteiger partial charge is 0.236 e. The summed E-state index contributed by atoms with van der Waals surface area (Å²) in [6.45, 7) is 2.27. The van der Waals surface area contributed by atoms with Crippen molar-refractivity contribution < 1.29 is 8.42 Å². The summed E-state index contributed by atoms with van der Waals surface area (Å²) in [5.74, 6) is 0.650. The second-order valence-corrected chi connectivity index (χ2v) is 7.37. The topological polar surface area (TPSA) is 66.4 Å². The summed E-state index contributed by atoms with van der Waals surface area (Å²) < 4.78 is 26.6. The molecule has 0 saturated carbocycles. The van der Waals surface area contributed by atoms with E-state index in [1.54, 1.807) is 24.5 Å². The summed E-state index contributed by atoms with van der Waals surface area (Å²) in [4.78, 5) is 10.5. The van der Waals surface area contributed by atoms with E-state index in [4.69, 9.17) is 0 Å². The van der Waals surface area contributed by atoms with Crippen molar-refractivity contribution in [3.8, 4) is 0 Å². The molecule has 126 valence electrons. The molecule has 2 aromatic rings. The van der Waals surface area contributed by atoms with E-state index in [9.17, 15) is 8.42 Å². The predicted molar refractivity (Wildman–Crippen MR) is 94.8 cm³/mol. The van der Waals surface area contributed by atoms with Gasteiger partial charge in [-0.3, -0.25) is 0 Å². The Hall–Kier alpha value is -2.25. The maximum absolute atomic E-state index is 12.5. The molecule has 3 rings (SSSR count). The van der Waals surface area contributed by atoms with Gasteiger partial charge in [0.15, 0.2) is 0 Å². The monoisotopic (exact) mass is 344 g/mol. The molecule has 1 fully saturated rings. The van der Waals surface area contributed by atoms with Crippen LogP contribution >= 0.6 is 0 Å². The van der Waals surface area contributed by atoms with E-state index in [-0.39, 0.29) is 0 Å². The van der Waals surface area contributed by atoms with Crippen molar-refractivity contribution in [3.63, 3.8) is 0 Å². The number of nitrogens with zero attached hydrogens (tertiary/aromatic N) is 4. The molecule has 0 radical (unpaired) electrons. The van der Waals surface area contributed by atoms with Gasteiger partial charge in [-0.1, -0.05) is 30.3 Å². The normalized spacial score (nSPS) is 17.1. The number of hydrogen-bond donors (Lipinski definition) is 0. The lowest BCUT2D eigenvalue weighted by Crippen LogP contribution is -2.34. The second-order valence-electron chi connectivity index (χ2n) is 5.55. The summed E-state index contributed by atoms with van der Waals surface area (Å²) in [5, 5.41) is 1.29. The van der Waals surface area contributed by atoms with Crippen molar-refractivity contribution in [1.82, 2.24) is 14.3 Å². The van der Waals surface area contributed by atoms with Crippen molar-refractivity contribution in [3.05, 3.63) is 59.8 Å². The van der Waals surface area contributed by atoms with Crippen LogP contribution < -0.4 is 4.90 Å². The first-order chi connectivity index (χ1) is 11.6. The molecule has 0 atom stereocenters. The van der Waals surface area contributed by atoms with Gasteiger partial charge in [-0.05, 0) is 24.1 Å². The Kier molecular flexibility index (Phi) is 5.22. The van der Waals surface area contributed by atoms with Crippen LogP contribution in [-0.4, -0.2) is 48.9 Å². The zero-order chi connectivity index (χ0) is 16.8. The highest BCUT2D eigenvalue weighted by Gasteiger charge is 2.23. The van der Waals surface area contributed by atoms with Crippen LogP contribution in [0.15, 0.2) is 54.2 Å². The Balaban J connectivity index is 1.68. The highest BCUT2D eigenvalue weighted by molar-refractivity contribution is 7.92. The van der Waals surface area contributed by atoms with Crippen LogP contribution in [0.5, 0.6) is 0 Å². The minimum absolute atomic E-state index is 0.430. The predicted octanol–water partition coefficient (Wildman–Crippen LogP) is 1.99. The van der Waals surface area contributed by atoms with Crippen molar-refractivity contribution >= 4 is 22.0 Å². The standard InChI is InChI=1S/C17H20N4O2S/c22-24(23,15-8-16-6-2-1-3-7-16)21-12-5-11-20(13-14-21)17-18-9-4-10-19-17/h1-4,6-10,15H,5,11-14H2/b15-8-. The van der Waals surface area contributed by atoms with Gasteiger partial charge < -0.3 is 4.90 Å². The zero-order valence-corrected chi connectivity index (χ0v) is 14.1. The molecule has 1 aliphatic rings. The van der Waals surface area contributed by atoms with Crippen LogP contribution in [0.25, 0.3) is 6.08 Å². The van der Waals surface area contributed by atoms with Gasteiger partial charge >= 0.3 is 0 Å². The average Bonchev–Trinajstić information content (AvgIpc) is 2.89. The number of aromatic nitrogens is 2. The minimum atomic E-state index is -3.43. The summed E-state index contributed by atoms with van der Waals surface area (Å²) in [7, 11) is -3.43. The molecule has 1 aromatic heterocycles. The molecule has 1 aliphatic heterocycles. The third-order valence-corrected chi connectivity index (χ3v) is 5.45. The maximum Gasteiger partial charge on any atom is 0.236 e. The Morgan fingerprint density at radius 2 is 1.67 bits per heavy atom. The third-order valence-electron chi connectivity index (χ3n) is 3.88. The number of anilines is 1. The van der Waals surface area contributed by atoms with E-state index in [1.165, 1.54) is 9.71 Å². The molecule has 2 heterocycles. The van der Waals surface area contributed by atoms with E-state index >= 15 is 0 Å². The first-order valence-corrected chi connectivity index (χ1v) is 9.41. The number of rotatable bonds is 4. The number of benzene rings is 1. The molecule has 0 spiro atoms. The Bertz CT molecular complexity index is 779. The molecular weight excluding hydrogens is 324 g/mol. The molecule has 24 heavy (non-hydrogen) atoms. The largest absolute Gasteiger partial charge is 0.339 e. The van der Waals surface area contributed by atoms with Crippen LogP contribution in [0, 0.1) is 0 Å². The van der Waals surface area contributed by atoms with E-state index in [1.807, 2.05) is 35.2 Å². The Labute approximate surface area is 142 Å². The lowest BCUT2D eigenvalue weighted by Gasteiger charge is -2.20. The Morgan fingerprint density at radius 3 is 2.42 bits per heavy atom. The fourth-order valence-corrected chi connectivity index (χ4v) is 3.84. The summed E-state index contributed by atoms with van der Waals surface area (Å²) in [6, 6.07) is 11.2. The van der Waals surface area contributed by atoms with Gasteiger partial charge in [0.2, 0.25) is 16.0 Å². The van der Waals surface area contributed by atoms with Gasteiger partial charge in [-0.15, -0.1) is 0 Å². The van der Waals surface area contributed by atoms with E-state index in [0.29, 0.717) is 25.6 Å². The fraction of sp³-hybridized carbons (Fsp3) is 0.294. The SMILES string of the molecule is O=S(=O)(/C=C\c1ccccc1)N1CCCN(c2ncccn2)CC1.